The van der Waals surface area contributed by atoms with Gasteiger partial charge in [0.05, 0.1) is 50.9 Å². The van der Waals surface area contributed by atoms with Gasteiger partial charge in [-0.05, 0) is 148 Å². The maximum absolute atomic E-state index is 16.2. The lowest BCUT2D eigenvalue weighted by atomic mass is 10.00. The third-order valence-electron chi connectivity index (χ3n) is 15.8. The molecule has 3 aliphatic rings. The predicted molar refractivity (Wildman–Crippen MR) is 324 cm³/mol. The minimum Gasteiger partial charge on any atom is -0.453 e. The van der Waals surface area contributed by atoms with Gasteiger partial charge in [0.15, 0.2) is 45.4 Å². The molecule has 0 N–H and O–H groups in total. The van der Waals surface area contributed by atoms with E-state index in [4.69, 9.17) is 14.2 Å². The van der Waals surface area contributed by atoms with Gasteiger partial charge in [-0.15, -0.1) is 0 Å². The van der Waals surface area contributed by atoms with E-state index in [0.717, 1.165) is 73.1 Å². The van der Waals surface area contributed by atoms with Crippen molar-refractivity contribution in [3.05, 3.63) is 281 Å². The van der Waals surface area contributed by atoms with E-state index >= 15 is 9.59 Å². The topological polar surface area (TPSA) is 71.5 Å². The number of benzene rings is 11. The van der Waals surface area contributed by atoms with Crippen LogP contribution in [0.2, 0.25) is 0 Å². The van der Waals surface area contributed by atoms with Crippen molar-refractivity contribution in [1.29, 1.82) is 0 Å². The lowest BCUT2D eigenvalue weighted by Crippen LogP contribution is -2.19. The Labute approximate surface area is 459 Å². The second kappa shape index (κ2) is 17.8. The van der Waals surface area contributed by atoms with E-state index in [-0.39, 0.29) is 10.9 Å². The van der Waals surface area contributed by atoms with Crippen LogP contribution in [0.3, 0.4) is 0 Å². The minimum atomic E-state index is -0.185. The maximum atomic E-state index is 16.2. The number of rotatable bonds is 5. The number of fused-ring (bicyclic) bond motifs is 11. The first-order valence-electron chi connectivity index (χ1n) is 26.6. The number of nitrogens with zero attached hydrogens (tertiary/aromatic N) is 3. The van der Waals surface area contributed by atoms with Gasteiger partial charge in [0.1, 0.15) is 0 Å². The van der Waals surface area contributed by atoms with Crippen molar-refractivity contribution in [2.75, 3.05) is 14.7 Å². The smallest absolute Gasteiger partial charge is 0.196 e. The summed E-state index contributed by atoms with van der Waals surface area (Å²) in [4.78, 5) is 38.3. The van der Waals surface area contributed by atoms with Crippen molar-refractivity contribution in [1.82, 2.24) is 0 Å². The summed E-state index contributed by atoms with van der Waals surface area (Å²) in [5, 5.41) is 4.80. The van der Waals surface area contributed by atoms with Crippen LogP contribution in [-0.4, -0.2) is 0 Å². The van der Waals surface area contributed by atoms with Crippen LogP contribution in [0.5, 0.6) is 34.5 Å². The Morgan fingerprint density at radius 1 is 0.237 bits per heavy atom. The van der Waals surface area contributed by atoms with Crippen LogP contribution in [0.15, 0.2) is 270 Å². The zero-order chi connectivity index (χ0) is 53.0. The maximum Gasteiger partial charge on any atom is 0.196 e. The molecule has 0 aliphatic carbocycles. The third-order valence-corrected chi connectivity index (χ3v) is 15.8. The zero-order valence-electron chi connectivity index (χ0n) is 42.7. The van der Waals surface area contributed by atoms with E-state index in [0.29, 0.717) is 77.9 Å². The summed E-state index contributed by atoms with van der Waals surface area (Å²) >= 11 is 0. The van der Waals surface area contributed by atoms with Crippen molar-refractivity contribution < 1.29 is 14.2 Å². The molecule has 13 aromatic rings. The average molecular weight is 1030 g/mol. The van der Waals surface area contributed by atoms with Crippen LogP contribution in [0.4, 0.5) is 51.2 Å². The molecule has 0 saturated heterocycles. The van der Waals surface area contributed by atoms with Crippen molar-refractivity contribution >= 4 is 94.3 Å². The molecule has 3 aliphatic heterocycles. The Balaban J connectivity index is 0.934. The Hall–Kier alpha value is -11.0. The van der Waals surface area contributed by atoms with E-state index < -0.39 is 0 Å². The molecule has 8 nitrogen and oxygen atoms in total. The van der Waals surface area contributed by atoms with Crippen molar-refractivity contribution in [2.45, 2.75) is 0 Å². The van der Waals surface area contributed by atoms with Crippen LogP contribution in [0.25, 0.3) is 65.3 Å². The molecule has 0 amide bonds. The monoisotopic (exact) mass is 1030 g/mol. The molecule has 0 unspecified atom stereocenters. The first-order chi connectivity index (χ1) is 39.5. The van der Waals surface area contributed by atoms with Gasteiger partial charge in [0.2, 0.25) is 0 Å². The average Bonchev–Trinajstić information content (AvgIpc) is 3.76. The summed E-state index contributed by atoms with van der Waals surface area (Å²) in [6.07, 6.45) is 0. The van der Waals surface area contributed by atoms with Crippen LogP contribution in [-0.2, 0) is 0 Å². The molecule has 0 spiro atoms. The highest BCUT2D eigenvalue weighted by Gasteiger charge is 2.32. The SMILES string of the molecule is O=c1c2cc(N3c4cc(-c5ccccc5)ccc4Oc4ccc(-c5ccccc5)cc43)ccc2ccc2c1ccc1c(=O)c3c(N4c5ccccc5Oc5ccccc54)ccc(N4c5ccccc5Oc5ccccc54)c3ccc12. The fraction of sp³-hybridized carbons (Fsp3) is 0. The summed E-state index contributed by atoms with van der Waals surface area (Å²) in [6, 6.07) is 86.8. The molecule has 0 bridgehead atoms. The number of anilines is 9. The summed E-state index contributed by atoms with van der Waals surface area (Å²) in [6.45, 7) is 0. The third kappa shape index (κ3) is 7.02. The molecule has 8 heteroatoms. The second-order valence-electron chi connectivity index (χ2n) is 20.3. The molecule has 0 radical (unpaired) electrons. The summed E-state index contributed by atoms with van der Waals surface area (Å²) in [5.41, 5.74) is 11.1. The first kappa shape index (κ1) is 45.3. The Morgan fingerprint density at radius 3 is 1.16 bits per heavy atom. The molecule has 0 saturated carbocycles. The zero-order valence-corrected chi connectivity index (χ0v) is 42.7. The standard InChI is InChI=1S/C72H43N3O5/c76-71-52-34-35-53-51(50(52)32-28-46-27-31-49(43-55(46)71)73-62-41-47(44-15-3-1-4-16-44)29-39-68(62)80-69-40-30-48(42-63(69)73)45-17-5-2-6-18-45)33-36-54-56(74-57-19-7-11-23-64(57)78-65-24-12-8-20-58(65)74)37-38-61(70(54)72(53)77)75-59-21-9-13-25-66(59)79-67-26-14-10-22-60(67)75/h1-43H. The van der Waals surface area contributed by atoms with Gasteiger partial charge in [-0.3, -0.25) is 9.59 Å². The summed E-state index contributed by atoms with van der Waals surface area (Å²) in [7, 11) is 0. The molecule has 0 fully saturated rings. The fourth-order valence-corrected chi connectivity index (χ4v) is 12.1. The summed E-state index contributed by atoms with van der Waals surface area (Å²) in [5.74, 6) is 4.13. The van der Waals surface area contributed by atoms with E-state index in [1.807, 2.05) is 200 Å². The summed E-state index contributed by atoms with van der Waals surface area (Å²) < 4.78 is 19.7. The molecule has 0 aromatic heterocycles. The number of hydrogen-bond donors (Lipinski definition) is 0. The minimum absolute atomic E-state index is 0.151. The molecular weight excluding hydrogens is 987 g/mol. The Kier molecular flexibility index (Phi) is 10.1. The lowest BCUT2D eigenvalue weighted by molar-refractivity contribution is 0.476. The molecule has 16 rings (SSSR count). The molecule has 376 valence electrons. The highest BCUT2D eigenvalue weighted by molar-refractivity contribution is 6.15. The van der Waals surface area contributed by atoms with Gasteiger partial charge in [-0.25, -0.2) is 0 Å². The van der Waals surface area contributed by atoms with Gasteiger partial charge in [-0.1, -0.05) is 152 Å². The van der Waals surface area contributed by atoms with E-state index in [1.165, 1.54) is 0 Å². The van der Waals surface area contributed by atoms with Crippen LogP contribution in [0, 0.1) is 0 Å². The van der Waals surface area contributed by atoms with Gasteiger partial charge < -0.3 is 28.9 Å². The normalized spacial score (nSPS) is 12.8. The lowest BCUT2D eigenvalue weighted by Gasteiger charge is -2.35. The molecule has 0 atom stereocenters. The Morgan fingerprint density at radius 2 is 0.637 bits per heavy atom. The van der Waals surface area contributed by atoms with E-state index in [2.05, 4.69) is 75.4 Å². The number of para-hydroxylation sites is 8. The van der Waals surface area contributed by atoms with Crippen LogP contribution >= 0.6 is 0 Å². The van der Waals surface area contributed by atoms with Crippen molar-refractivity contribution in [3.8, 4) is 56.8 Å². The number of hydrogen-bond acceptors (Lipinski definition) is 8. The fourth-order valence-electron chi connectivity index (χ4n) is 12.1. The van der Waals surface area contributed by atoms with Crippen LogP contribution in [0.1, 0.15) is 0 Å². The highest BCUT2D eigenvalue weighted by atomic mass is 16.5. The molecule has 3 heterocycles. The first-order valence-corrected chi connectivity index (χ1v) is 26.6. The van der Waals surface area contributed by atoms with Crippen LogP contribution < -0.4 is 39.8 Å². The molecule has 13 aromatic carbocycles. The second-order valence-corrected chi connectivity index (χ2v) is 20.3. The predicted octanol–water partition coefficient (Wildman–Crippen LogP) is 19.1. The Bertz CT molecular complexity index is 4710. The van der Waals surface area contributed by atoms with E-state index in [1.54, 1.807) is 0 Å². The van der Waals surface area contributed by atoms with Gasteiger partial charge in [0.25, 0.3) is 0 Å². The van der Waals surface area contributed by atoms with Gasteiger partial charge in [-0.2, -0.15) is 0 Å². The highest BCUT2D eigenvalue weighted by Crippen LogP contribution is 2.56. The van der Waals surface area contributed by atoms with Gasteiger partial charge >= 0.3 is 0 Å². The number of ether oxygens (including phenoxy) is 3. The van der Waals surface area contributed by atoms with Gasteiger partial charge in [0, 0.05) is 27.2 Å². The molecule has 80 heavy (non-hydrogen) atoms. The van der Waals surface area contributed by atoms with E-state index in [9.17, 15) is 0 Å². The largest absolute Gasteiger partial charge is 0.453 e. The quantitative estimate of drug-likeness (QED) is 0.169. The van der Waals surface area contributed by atoms with Crippen molar-refractivity contribution in [3.63, 3.8) is 0 Å². The molecular formula is C72H43N3O5. The van der Waals surface area contributed by atoms with Crippen molar-refractivity contribution in [2.24, 2.45) is 0 Å².